The molecule has 1 rings (SSSR count). The summed E-state index contributed by atoms with van der Waals surface area (Å²) in [7, 11) is 3.15. The molecule has 0 aromatic heterocycles. The Morgan fingerprint density at radius 3 is 2.68 bits per heavy atom. The Bertz CT molecular complexity index is 421. The van der Waals surface area contributed by atoms with E-state index >= 15 is 0 Å². The highest BCUT2D eigenvalue weighted by Gasteiger charge is 2.10. The second kappa shape index (κ2) is 7.60. The lowest BCUT2D eigenvalue weighted by Crippen LogP contribution is -2.28. The normalized spacial score (nSPS) is 11.9. The number of aliphatic hydroxyl groups is 1. The van der Waals surface area contributed by atoms with Gasteiger partial charge in [0.25, 0.3) is 0 Å². The van der Waals surface area contributed by atoms with Crippen LogP contribution in [0, 0.1) is 0 Å². The molecule has 1 atom stereocenters. The zero-order valence-electron chi connectivity index (χ0n) is 11.0. The first-order chi connectivity index (χ1) is 9.06. The van der Waals surface area contributed by atoms with Crippen molar-refractivity contribution in [2.45, 2.75) is 19.1 Å². The van der Waals surface area contributed by atoms with Crippen molar-refractivity contribution < 1.29 is 24.5 Å². The van der Waals surface area contributed by atoms with Gasteiger partial charge in [-0.15, -0.1) is 0 Å². The fourth-order valence-electron chi connectivity index (χ4n) is 1.65. The highest BCUT2D eigenvalue weighted by Crippen LogP contribution is 2.24. The number of aliphatic hydroxyl groups excluding tert-OH is 1. The maximum atomic E-state index is 10.4. The minimum absolute atomic E-state index is 0.210. The van der Waals surface area contributed by atoms with Gasteiger partial charge in [-0.1, -0.05) is 6.07 Å². The maximum Gasteiger partial charge on any atom is 0.306 e. The molecule has 6 heteroatoms. The monoisotopic (exact) mass is 269 g/mol. The molecule has 0 heterocycles. The topological polar surface area (TPSA) is 88.0 Å². The van der Waals surface area contributed by atoms with Gasteiger partial charge in [-0.3, -0.25) is 4.79 Å². The third-order valence-electron chi connectivity index (χ3n) is 2.60. The first-order valence-corrected chi connectivity index (χ1v) is 5.88. The van der Waals surface area contributed by atoms with E-state index in [0.29, 0.717) is 18.0 Å². The molecule has 0 aliphatic heterocycles. The lowest BCUT2D eigenvalue weighted by Gasteiger charge is -2.13. The third-order valence-corrected chi connectivity index (χ3v) is 2.60. The Labute approximate surface area is 112 Å². The maximum absolute atomic E-state index is 10.4. The fourth-order valence-corrected chi connectivity index (χ4v) is 1.65. The largest absolute Gasteiger partial charge is 0.497 e. The van der Waals surface area contributed by atoms with Crippen LogP contribution in [0.5, 0.6) is 11.5 Å². The van der Waals surface area contributed by atoms with Gasteiger partial charge in [0, 0.05) is 24.7 Å². The highest BCUT2D eigenvalue weighted by molar-refractivity contribution is 5.67. The summed E-state index contributed by atoms with van der Waals surface area (Å²) in [6.07, 6.45) is -1.17. The molecule has 0 aliphatic rings. The van der Waals surface area contributed by atoms with Gasteiger partial charge < -0.3 is 25.0 Å². The van der Waals surface area contributed by atoms with Gasteiger partial charge in [-0.05, 0) is 6.07 Å². The minimum atomic E-state index is -1.02. The second-order valence-electron chi connectivity index (χ2n) is 4.06. The van der Waals surface area contributed by atoms with Gasteiger partial charge in [0.05, 0.1) is 26.7 Å². The molecule has 0 radical (unpaired) electrons. The van der Waals surface area contributed by atoms with Crippen molar-refractivity contribution >= 4 is 5.97 Å². The molecule has 1 unspecified atom stereocenters. The lowest BCUT2D eigenvalue weighted by atomic mass is 10.2. The highest BCUT2D eigenvalue weighted by atomic mass is 16.5. The Balaban J connectivity index is 2.51. The fraction of sp³-hybridized carbons (Fsp3) is 0.462. The summed E-state index contributed by atoms with van der Waals surface area (Å²) in [6, 6.07) is 5.44. The van der Waals surface area contributed by atoms with Crippen LogP contribution in [0.4, 0.5) is 0 Å². The van der Waals surface area contributed by atoms with Crippen molar-refractivity contribution in [3.05, 3.63) is 23.8 Å². The molecule has 1 aromatic rings. The van der Waals surface area contributed by atoms with Gasteiger partial charge >= 0.3 is 5.97 Å². The van der Waals surface area contributed by atoms with E-state index in [1.165, 1.54) is 0 Å². The smallest absolute Gasteiger partial charge is 0.306 e. The van der Waals surface area contributed by atoms with E-state index < -0.39 is 12.1 Å². The standard InChI is InChI=1S/C13H19NO5/c1-18-11-4-3-9(12(6-11)19-2)7-14-8-10(15)5-13(16)17/h3-4,6,10,14-15H,5,7-8H2,1-2H3,(H,16,17). The SMILES string of the molecule is COc1ccc(CNCC(O)CC(=O)O)c(OC)c1. The summed E-state index contributed by atoms with van der Waals surface area (Å²) in [4.78, 5) is 10.4. The number of benzene rings is 1. The second-order valence-corrected chi connectivity index (χ2v) is 4.06. The van der Waals surface area contributed by atoms with E-state index in [1.807, 2.05) is 12.1 Å². The molecular weight excluding hydrogens is 250 g/mol. The van der Waals surface area contributed by atoms with E-state index in [0.717, 1.165) is 5.56 Å². The van der Waals surface area contributed by atoms with Crippen LogP contribution >= 0.6 is 0 Å². The van der Waals surface area contributed by atoms with Crippen LogP contribution in [0.1, 0.15) is 12.0 Å². The zero-order valence-corrected chi connectivity index (χ0v) is 11.0. The first-order valence-electron chi connectivity index (χ1n) is 5.88. The molecule has 0 fully saturated rings. The van der Waals surface area contributed by atoms with Gasteiger partial charge in [0.15, 0.2) is 0 Å². The quantitative estimate of drug-likeness (QED) is 0.641. The third kappa shape index (κ3) is 5.15. The van der Waals surface area contributed by atoms with Gasteiger partial charge in [0.2, 0.25) is 0 Å². The molecule has 3 N–H and O–H groups in total. The average Bonchev–Trinajstić information content (AvgIpc) is 2.38. The van der Waals surface area contributed by atoms with E-state index in [4.69, 9.17) is 14.6 Å². The Hall–Kier alpha value is -1.79. The van der Waals surface area contributed by atoms with Crippen LogP contribution < -0.4 is 14.8 Å². The number of methoxy groups -OCH3 is 2. The van der Waals surface area contributed by atoms with Crippen molar-refractivity contribution in [1.29, 1.82) is 0 Å². The van der Waals surface area contributed by atoms with E-state index in [2.05, 4.69) is 5.32 Å². The molecule has 106 valence electrons. The number of nitrogens with one attached hydrogen (secondary N) is 1. The predicted molar refractivity (Wildman–Crippen MR) is 69.5 cm³/mol. The summed E-state index contributed by atoms with van der Waals surface area (Å²) in [5.74, 6) is 0.363. The van der Waals surface area contributed by atoms with Gasteiger partial charge in [0.1, 0.15) is 11.5 Å². The predicted octanol–water partition coefficient (Wildman–Crippen LogP) is 0.629. The van der Waals surface area contributed by atoms with E-state index in [9.17, 15) is 9.90 Å². The molecule has 6 nitrogen and oxygen atoms in total. The number of aliphatic carboxylic acids is 1. The number of hydrogen-bond donors (Lipinski definition) is 3. The minimum Gasteiger partial charge on any atom is -0.497 e. The summed E-state index contributed by atoms with van der Waals surface area (Å²) >= 11 is 0. The first kappa shape index (κ1) is 15.3. The average molecular weight is 269 g/mol. The van der Waals surface area contributed by atoms with Crippen molar-refractivity contribution in [3.8, 4) is 11.5 Å². The Kier molecular flexibility index (Phi) is 6.11. The van der Waals surface area contributed by atoms with E-state index in [-0.39, 0.29) is 13.0 Å². The number of rotatable bonds is 8. The molecule has 0 spiro atoms. The molecule has 0 bridgehead atoms. The van der Waals surface area contributed by atoms with Gasteiger partial charge in [-0.25, -0.2) is 0 Å². The summed E-state index contributed by atoms with van der Waals surface area (Å²) in [6.45, 7) is 0.686. The number of carboxylic acids is 1. The molecule has 0 saturated heterocycles. The molecular formula is C13H19NO5. The number of carboxylic acid groups (broad SMARTS) is 1. The number of hydrogen-bond acceptors (Lipinski definition) is 5. The molecule has 19 heavy (non-hydrogen) atoms. The summed E-state index contributed by atoms with van der Waals surface area (Å²) in [5.41, 5.74) is 0.908. The van der Waals surface area contributed by atoms with Crippen molar-refractivity contribution in [2.75, 3.05) is 20.8 Å². The Morgan fingerprint density at radius 1 is 1.37 bits per heavy atom. The molecule has 0 amide bonds. The van der Waals surface area contributed by atoms with Crippen molar-refractivity contribution in [2.24, 2.45) is 0 Å². The summed E-state index contributed by atoms with van der Waals surface area (Å²) < 4.78 is 10.3. The van der Waals surface area contributed by atoms with E-state index in [1.54, 1.807) is 20.3 Å². The molecule has 0 aliphatic carbocycles. The summed E-state index contributed by atoms with van der Waals surface area (Å²) in [5, 5.41) is 20.9. The lowest BCUT2D eigenvalue weighted by molar-refractivity contribution is -0.139. The number of ether oxygens (including phenoxy) is 2. The molecule has 1 aromatic carbocycles. The van der Waals surface area contributed by atoms with Crippen LogP contribution in [0.3, 0.4) is 0 Å². The van der Waals surface area contributed by atoms with Crippen LogP contribution in [0.2, 0.25) is 0 Å². The zero-order chi connectivity index (χ0) is 14.3. The van der Waals surface area contributed by atoms with Gasteiger partial charge in [-0.2, -0.15) is 0 Å². The number of carbonyl (C=O) groups is 1. The van der Waals surface area contributed by atoms with Crippen LogP contribution in [0.25, 0.3) is 0 Å². The van der Waals surface area contributed by atoms with Crippen molar-refractivity contribution in [3.63, 3.8) is 0 Å². The van der Waals surface area contributed by atoms with Crippen LogP contribution in [0.15, 0.2) is 18.2 Å². The van der Waals surface area contributed by atoms with Crippen LogP contribution in [-0.4, -0.2) is 43.1 Å². The Morgan fingerprint density at radius 2 is 2.11 bits per heavy atom. The van der Waals surface area contributed by atoms with Crippen LogP contribution in [-0.2, 0) is 11.3 Å². The van der Waals surface area contributed by atoms with Crippen molar-refractivity contribution in [1.82, 2.24) is 5.32 Å². The molecule has 0 saturated carbocycles.